The highest BCUT2D eigenvalue weighted by Crippen LogP contribution is 2.36. The molecule has 0 aromatic heterocycles. The number of fused-ring (bicyclic) bond motifs is 1. The van der Waals surface area contributed by atoms with Gasteiger partial charge in [-0.05, 0) is 38.1 Å². The molecule has 0 saturated carbocycles. The molecule has 1 aliphatic rings. The molecule has 104 valence electrons. The summed E-state index contributed by atoms with van der Waals surface area (Å²) >= 11 is 0. The van der Waals surface area contributed by atoms with Crippen molar-refractivity contribution < 1.29 is 14.2 Å². The van der Waals surface area contributed by atoms with Crippen molar-refractivity contribution in [2.24, 2.45) is 0 Å². The van der Waals surface area contributed by atoms with Crippen LogP contribution in [0.3, 0.4) is 0 Å². The van der Waals surface area contributed by atoms with Crippen molar-refractivity contribution >= 4 is 11.4 Å². The fraction of sp³-hybridized carbons (Fsp3) is 0.250. The molecule has 0 fully saturated rings. The zero-order chi connectivity index (χ0) is 13.9. The number of anilines is 2. The summed E-state index contributed by atoms with van der Waals surface area (Å²) in [5.41, 5.74) is 1.87. The summed E-state index contributed by atoms with van der Waals surface area (Å²) in [7, 11) is 0. The molecule has 0 bridgehead atoms. The van der Waals surface area contributed by atoms with Gasteiger partial charge < -0.3 is 19.5 Å². The van der Waals surface area contributed by atoms with Crippen molar-refractivity contribution in [2.45, 2.75) is 20.0 Å². The molecule has 2 aromatic carbocycles. The maximum absolute atomic E-state index is 5.79. The van der Waals surface area contributed by atoms with Crippen LogP contribution < -0.4 is 19.5 Å². The summed E-state index contributed by atoms with van der Waals surface area (Å²) in [6.07, 6.45) is 0.134. The third-order valence-electron chi connectivity index (χ3n) is 2.90. The van der Waals surface area contributed by atoms with Crippen LogP contribution in [0.5, 0.6) is 17.2 Å². The van der Waals surface area contributed by atoms with Gasteiger partial charge in [-0.2, -0.15) is 0 Å². The first-order valence-electron chi connectivity index (χ1n) is 6.65. The minimum atomic E-state index is 0.134. The van der Waals surface area contributed by atoms with E-state index in [4.69, 9.17) is 14.2 Å². The number of nitrogens with one attached hydrogen (secondary N) is 1. The van der Waals surface area contributed by atoms with Gasteiger partial charge in [-0.25, -0.2) is 0 Å². The van der Waals surface area contributed by atoms with Gasteiger partial charge >= 0.3 is 0 Å². The van der Waals surface area contributed by atoms with Crippen LogP contribution in [0, 0.1) is 0 Å². The van der Waals surface area contributed by atoms with E-state index in [0.717, 1.165) is 28.6 Å². The normalized spacial score (nSPS) is 12.6. The van der Waals surface area contributed by atoms with Crippen molar-refractivity contribution in [2.75, 3.05) is 12.1 Å². The minimum Gasteiger partial charge on any atom is -0.489 e. The van der Waals surface area contributed by atoms with Gasteiger partial charge in [-0.3, -0.25) is 0 Å². The Balaban J connectivity index is 1.84. The van der Waals surface area contributed by atoms with Crippen LogP contribution in [0.1, 0.15) is 13.8 Å². The Bertz CT molecular complexity index is 610. The van der Waals surface area contributed by atoms with Crippen molar-refractivity contribution in [3.63, 3.8) is 0 Å². The lowest BCUT2D eigenvalue weighted by Crippen LogP contribution is -2.07. The average Bonchev–Trinajstić information content (AvgIpc) is 2.88. The number of ether oxygens (including phenoxy) is 3. The second kappa shape index (κ2) is 5.33. The van der Waals surface area contributed by atoms with Gasteiger partial charge in [0, 0.05) is 11.8 Å². The number of hydrogen-bond donors (Lipinski definition) is 1. The Morgan fingerprint density at radius 1 is 1.05 bits per heavy atom. The molecule has 1 aliphatic heterocycles. The fourth-order valence-electron chi connectivity index (χ4n) is 2.06. The predicted molar refractivity (Wildman–Crippen MR) is 78.1 cm³/mol. The van der Waals surface area contributed by atoms with E-state index in [9.17, 15) is 0 Å². The second-order valence-electron chi connectivity index (χ2n) is 4.86. The maximum Gasteiger partial charge on any atom is 0.231 e. The van der Waals surface area contributed by atoms with Gasteiger partial charge in [0.1, 0.15) is 5.75 Å². The summed E-state index contributed by atoms with van der Waals surface area (Å²) in [6.45, 7) is 4.31. The molecule has 0 atom stereocenters. The van der Waals surface area contributed by atoms with Crippen LogP contribution in [0.2, 0.25) is 0 Å². The second-order valence-corrected chi connectivity index (χ2v) is 4.86. The van der Waals surface area contributed by atoms with Crippen LogP contribution in [0.15, 0.2) is 42.5 Å². The van der Waals surface area contributed by atoms with Crippen LogP contribution in [-0.2, 0) is 0 Å². The van der Waals surface area contributed by atoms with Crippen molar-refractivity contribution in [3.05, 3.63) is 42.5 Å². The lowest BCUT2D eigenvalue weighted by atomic mass is 10.2. The van der Waals surface area contributed by atoms with E-state index in [2.05, 4.69) is 5.32 Å². The van der Waals surface area contributed by atoms with Gasteiger partial charge in [0.05, 0.1) is 11.8 Å². The fourth-order valence-corrected chi connectivity index (χ4v) is 2.06. The minimum absolute atomic E-state index is 0.134. The van der Waals surface area contributed by atoms with E-state index in [1.165, 1.54) is 0 Å². The Hall–Kier alpha value is -2.36. The number of rotatable bonds is 4. The molecule has 0 radical (unpaired) electrons. The summed E-state index contributed by atoms with van der Waals surface area (Å²) in [5.74, 6) is 2.37. The monoisotopic (exact) mass is 271 g/mol. The van der Waals surface area contributed by atoms with Gasteiger partial charge in [-0.1, -0.05) is 12.1 Å². The zero-order valence-corrected chi connectivity index (χ0v) is 11.6. The molecule has 4 heteroatoms. The van der Waals surface area contributed by atoms with Crippen molar-refractivity contribution in [1.82, 2.24) is 0 Å². The van der Waals surface area contributed by atoms with Gasteiger partial charge in [0.15, 0.2) is 11.5 Å². The summed E-state index contributed by atoms with van der Waals surface area (Å²) in [4.78, 5) is 0. The molecule has 0 unspecified atom stereocenters. The number of para-hydroxylation sites is 2. The van der Waals surface area contributed by atoms with Crippen LogP contribution >= 0.6 is 0 Å². The maximum atomic E-state index is 5.79. The molecule has 20 heavy (non-hydrogen) atoms. The summed E-state index contributed by atoms with van der Waals surface area (Å²) in [5, 5.41) is 3.35. The molecule has 1 heterocycles. The quantitative estimate of drug-likeness (QED) is 0.914. The molecule has 4 nitrogen and oxygen atoms in total. The van der Waals surface area contributed by atoms with E-state index in [1.807, 2.05) is 56.3 Å². The lowest BCUT2D eigenvalue weighted by molar-refractivity contribution is 0.174. The molecular weight excluding hydrogens is 254 g/mol. The van der Waals surface area contributed by atoms with Crippen LogP contribution in [0.25, 0.3) is 0 Å². The zero-order valence-electron chi connectivity index (χ0n) is 11.6. The average molecular weight is 271 g/mol. The molecule has 1 N–H and O–H groups in total. The number of benzene rings is 2. The smallest absolute Gasteiger partial charge is 0.231 e. The van der Waals surface area contributed by atoms with Gasteiger partial charge in [0.25, 0.3) is 0 Å². The summed E-state index contributed by atoms with van der Waals surface area (Å²) < 4.78 is 16.5. The van der Waals surface area contributed by atoms with E-state index in [0.29, 0.717) is 0 Å². The first kappa shape index (κ1) is 12.7. The highest BCUT2D eigenvalue weighted by atomic mass is 16.7. The molecule has 0 amide bonds. The molecule has 2 aromatic rings. The Labute approximate surface area is 118 Å². The third-order valence-corrected chi connectivity index (χ3v) is 2.90. The number of hydrogen-bond acceptors (Lipinski definition) is 4. The Kier molecular flexibility index (Phi) is 3.37. The van der Waals surface area contributed by atoms with E-state index in [1.54, 1.807) is 0 Å². The first-order valence-corrected chi connectivity index (χ1v) is 6.65. The molecule has 0 aliphatic carbocycles. The van der Waals surface area contributed by atoms with E-state index in [-0.39, 0.29) is 12.9 Å². The molecule has 3 rings (SSSR count). The van der Waals surface area contributed by atoms with Crippen molar-refractivity contribution in [1.29, 1.82) is 0 Å². The van der Waals surface area contributed by atoms with Crippen molar-refractivity contribution in [3.8, 4) is 17.2 Å². The third kappa shape index (κ3) is 2.64. The molecule has 0 saturated heterocycles. The van der Waals surface area contributed by atoms with Gasteiger partial charge in [0.2, 0.25) is 6.79 Å². The summed E-state index contributed by atoms with van der Waals surface area (Å²) in [6, 6.07) is 13.7. The van der Waals surface area contributed by atoms with E-state index >= 15 is 0 Å². The predicted octanol–water partition coefficient (Wildman–Crippen LogP) is 3.95. The first-order chi connectivity index (χ1) is 9.72. The highest BCUT2D eigenvalue weighted by Gasteiger charge is 2.14. The van der Waals surface area contributed by atoms with Gasteiger partial charge in [-0.15, -0.1) is 0 Å². The molecular formula is C16H17NO3. The largest absolute Gasteiger partial charge is 0.489 e. The lowest BCUT2D eigenvalue weighted by Gasteiger charge is -2.15. The highest BCUT2D eigenvalue weighted by molar-refractivity contribution is 5.68. The Morgan fingerprint density at radius 3 is 2.70 bits per heavy atom. The van der Waals surface area contributed by atoms with E-state index < -0.39 is 0 Å². The SMILES string of the molecule is CC(C)Oc1ccccc1Nc1ccc2c(c1)OCO2. The topological polar surface area (TPSA) is 39.7 Å². The molecule has 0 spiro atoms. The standard InChI is InChI=1S/C16H17NO3/c1-11(2)20-14-6-4-3-5-13(14)17-12-7-8-15-16(9-12)19-10-18-15/h3-9,11,17H,10H2,1-2H3. The Morgan fingerprint density at radius 2 is 1.85 bits per heavy atom. The van der Waals surface area contributed by atoms with Crippen LogP contribution in [0.4, 0.5) is 11.4 Å². The van der Waals surface area contributed by atoms with Crippen LogP contribution in [-0.4, -0.2) is 12.9 Å².